The quantitative estimate of drug-likeness (QED) is 0.214. The van der Waals surface area contributed by atoms with Crippen LogP contribution in [0, 0.1) is 0 Å². The van der Waals surface area contributed by atoms with Crippen LogP contribution >= 0.6 is 35.6 Å². The lowest BCUT2D eigenvalue weighted by Crippen LogP contribution is -2.38. The van der Waals surface area contributed by atoms with Crippen molar-refractivity contribution in [3.63, 3.8) is 0 Å². The van der Waals surface area contributed by atoms with Gasteiger partial charge in [-0.1, -0.05) is 17.7 Å². The molecule has 1 aromatic heterocycles. The second-order valence-electron chi connectivity index (χ2n) is 5.90. The van der Waals surface area contributed by atoms with Crippen molar-refractivity contribution in [1.29, 1.82) is 0 Å². The number of benzene rings is 1. The van der Waals surface area contributed by atoms with Gasteiger partial charge in [0, 0.05) is 19.8 Å². The first-order valence-electron chi connectivity index (χ1n) is 8.79. The third kappa shape index (κ3) is 8.13. The molecule has 0 unspecified atom stereocenters. The zero-order chi connectivity index (χ0) is 22.1. The van der Waals surface area contributed by atoms with Gasteiger partial charge in [-0.15, -0.1) is 24.0 Å². The number of aromatic nitrogens is 1. The first-order valence-corrected chi connectivity index (χ1v) is 9.17. The fourth-order valence-electron chi connectivity index (χ4n) is 2.40. The van der Waals surface area contributed by atoms with Crippen LogP contribution < -0.4 is 24.8 Å². The van der Waals surface area contributed by atoms with Crippen LogP contribution in [0.1, 0.15) is 11.1 Å². The molecule has 7 nitrogen and oxygen atoms in total. The molecule has 0 spiro atoms. The highest BCUT2D eigenvalue weighted by atomic mass is 127. The zero-order valence-electron chi connectivity index (χ0n) is 17.0. The van der Waals surface area contributed by atoms with E-state index in [1.54, 1.807) is 27.3 Å². The lowest BCUT2D eigenvalue weighted by Gasteiger charge is -2.14. The fourth-order valence-corrected chi connectivity index (χ4v) is 2.62. The van der Waals surface area contributed by atoms with Gasteiger partial charge in [0.15, 0.2) is 17.5 Å². The van der Waals surface area contributed by atoms with Gasteiger partial charge in [0.1, 0.15) is 11.6 Å². The standard InChI is InChI=1S/C19H22ClF3N4O3.HI/c1-24-18(27-10-12-4-5-15(28-2)16(8-12)29-3)25-6-7-30-17-14(20)9-13(11-26-17)19(21,22)23;/h4-5,8-9,11H,6-7,10H2,1-3H3,(H2,24,25,27);1H. The van der Waals surface area contributed by atoms with Crippen LogP contribution in [0.3, 0.4) is 0 Å². The summed E-state index contributed by atoms with van der Waals surface area (Å²) in [5.41, 5.74) is 0.0188. The van der Waals surface area contributed by atoms with Gasteiger partial charge in [-0.25, -0.2) is 4.98 Å². The second kappa shape index (κ2) is 12.6. The predicted molar refractivity (Wildman–Crippen MR) is 123 cm³/mol. The number of nitrogens with zero attached hydrogens (tertiary/aromatic N) is 2. The van der Waals surface area contributed by atoms with Gasteiger partial charge in [-0.05, 0) is 23.8 Å². The number of pyridine rings is 1. The fraction of sp³-hybridized carbons (Fsp3) is 0.368. The number of hydrogen-bond donors (Lipinski definition) is 2. The smallest absolute Gasteiger partial charge is 0.417 e. The number of rotatable bonds is 8. The summed E-state index contributed by atoms with van der Waals surface area (Å²) in [6.07, 6.45) is -3.83. The summed E-state index contributed by atoms with van der Waals surface area (Å²) in [6.45, 7) is 0.924. The maximum Gasteiger partial charge on any atom is 0.417 e. The molecule has 0 bridgehead atoms. The van der Waals surface area contributed by atoms with Crippen LogP contribution in [0.5, 0.6) is 17.4 Å². The average molecular weight is 575 g/mol. The van der Waals surface area contributed by atoms with Gasteiger partial charge >= 0.3 is 6.18 Å². The van der Waals surface area contributed by atoms with E-state index in [4.69, 9.17) is 25.8 Å². The molecule has 172 valence electrons. The van der Waals surface area contributed by atoms with Gasteiger partial charge in [0.2, 0.25) is 5.88 Å². The van der Waals surface area contributed by atoms with Crippen molar-refractivity contribution in [3.8, 4) is 17.4 Å². The largest absolute Gasteiger partial charge is 0.493 e. The highest BCUT2D eigenvalue weighted by Crippen LogP contribution is 2.33. The summed E-state index contributed by atoms with van der Waals surface area (Å²) in [5.74, 6) is 1.70. The minimum atomic E-state index is -4.51. The van der Waals surface area contributed by atoms with E-state index in [2.05, 4.69) is 20.6 Å². The molecule has 0 aliphatic rings. The molecule has 0 aliphatic heterocycles. The SMILES string of the molecule is CN=C(NCCOc1ncc(C(F)(F)F)cc1Cl)NCc1ccc(OC)c(OC)c1.I. The van der Waals surface area contributed by atoms with E-state index >= 15 is 0 Å². The van der Waals surface area contributed by atoms with Crippen LogP contribution in [0.2, 0.25) is 5.02 Å². The first kappa shape index (κ1) is 26.9. The van der Waals surface area contributed by atoms with Crippen molar-refractivity contribution in [3.05, 3.63) is 46.6 Å². The van der Waals surface area contributed by atoms with E-state index < -0.39 is 11.7 Å². The number of aliphatic imine (C=N–C) groups is 1. The van der Waals surface area contributed by atoms with Crippen LogP contribution in [0.25, 0.3) is 0 Å². The van der Waals surface area contributed by atoms with Crippen molar-refractivity contribution in [2.75, 3.05) is 34.4 Å². The summed E-state index contributed by atoms with van der Waals surface area (Å²) >= 11 is 5.80. The normalized spacial score (nSPS) is 11.4. The highest BCUT2D eigenvalue weighted by molar-refractivity contribution is 14.0. The highest BCUT2D eigenvalue weighted by Gasteiger charge is 2.31. The van der Waals surface area contributed by atoms with E-state index in [9.17, 15) is 13.2 Å². The Morgan fingerprint density at radius 2 is 1.84 bits per heavy atom. The minimum Gasteiger partial charge on any atom is -0.493 e. The summed E-state index contributed by atoms with van der Waals surface area (Å²) in [5, 5.41) is 5.94. The first-order chi connectivity index (χ1) is 14.3. The van der Waals surface area contributed by atoms with Crippen molar-refractivity contribution < 1.29 is 27.4 Å². The third-order valence-electron chi connectivity index (χ3n) is 3.90. The topological polar surface area (TPSA) is 77.0 Å². The number of hydrogen-bond acceptors (Lipinski definition) is 5. The summed E-state index contributed by atoms with van der Waals surface area (Å²) in [4.78, 5) is 7.71. The number of halogens is 5. The molecule has 2 rings (SSSR count). The van der Waals surface area contributed by atoms with Crippen LogP contribution in [-0.4, -0.2) is 45.4 Å². The Hall–Kier alpha value is -2.15. The molecule has 12 heteroatoms. The van der Waals surface area contributed by atoms with Gasteiger partial charge < -0.3 is 24.8 Å². The Labute approximate surface area is 200 Å². The molecule has 2 N–H and O–H groups in total. The molecule has 0 aliphatic carbocycles. The van der Waals surface area contributed by atoms with Gasteiger partial charge in [-0.2, -0.15) is 13.2 Å². The minimum absolute atomic E-state index is 0. The van der Waals surface area contributed by atoms with Crippen molar-refractivity contribution >= 4 is 41.5 Å². The molecule has 0 saturated heterocycles. The van der Waals surface area contributed by atoms with Crippen LogP contribution in [0.4, 0.5) is 13.2 Å². The Morgan fingerprint density at radius 3 is 2.42 bits per heavy atom. The average Bonchev–Trinajstić information content (AvgIpc) is 2.73. The number of methoxy groups -OCH3 is 2. The van der Waals surface area contributed by atoms with Gasteiger partial charge in [0.25, 0.3) is 0 Å². The van der Waals surface area contributed by atoms with E-state index in [0.29, 0.717) is 36.7 Å². The monoisotopic (exact) mass is 574 g/mol. The lowest BCUT2D eigenvalue weighted by atomic mass is 10.2. The van der Waals surface area contributed by atoms with Gasteiger partial charge in [-0.3, -0.25) is 4.99 Å². The molecule has 2 aromatic rings. The number of guanidine groups is 1. The number of alkyl halides is 3. The van der Waals surface area contributed by atoms with Crippen LogP contribution in [-0.2, 0) is 12.7 Å². The van der Waals surface area contributed by atoms with Crippen molar-refractivity contribution in [1.82, 2.24) is 15.6 Å². The molecule has 0 amide bonds. The van der Waals surface area contributed by atoms with Crippen molar-refractivity contribution in [2.24, 2.45) is 4.99 Å². The molecular weight excluding hydrogens is 552 g/mol. The summed E-state index contributed by atoms with van der Waals surface area (Å²) in [6, 6.07) is 6.32. The summed E-state index contributed by atoms with van der Waals surface area (Å²) < 4.78 is 53.7. The Morgan fingerprint density at radius 1 is 1.13 bits per heavy atom. The molecule has 31 heavy (non-hydrogen) atoms. The molecule has 0 atom stereocenters. The molecule has 0 fully saturated rings. The number of nitrogens with one attached hydrogen (secondary N) is 2. The van der Waals surface area contributed by atoms with Crippen molar-refractivity contribution in [2.45, 2.75) is 12.7 Å². The summed E-state index contributed by atoms with van der Waals surface area (Å²) in [7, 11) is 4.74. The molecular formula is C19H23ClF3IN4O3. The second-order valence-corrected chi connectivity index (χ2v) is 6.31. The van der Waals surface area contributed by atoms with Crippen LogP contribution in [0.15, 0.2) is 35.5 Å². The van der Waals surface area contributed by atoms with Gasteiger partial charge in [0.05, 0.1) is 26.3 Å². The number of ether oxygens (including phenoxy) is 3. The molecule has 1 heterocycles. The maximum absolute atomic E-state index is 12.6. The molecule has 0 saturated carbocycles. The molecule has 1 aromatic carbocycles. The third-order valence-corrected chi connectivity index (χ3v) is 4.17. The Balaban J connectivity index is 0.00000480. The zero-order valence-corrected chi connectivity index (χ0v) is 20.1. The lowest BCUT2D eigenvalue weighted by molar-refractivity contribution is -0.137. The molecule has 0 radical (unpaired) electrons. The Kier molecular flexibility index (Phi) is 11.0. The maximum atomic E-state index is 12.6. The predicted octanol–water partition coefficient (Wildman–Crippen LogP) is 4.13. The van der Waals surface area contributed by atoms with E-state index in [1.807, 2.05) is 12.1 Å². The van der Waals surface area contributed by atoms with E-state index in [0.717, 1.165) is 11.6 Å². The Bertz CT molecular complexity index is 885. The van der Waals surface area contributed by atoms with E-state index in [1.165, 1.54) is 0 Å². The van der Waals surface area contributed by atoms with E-state index in [-0.39, 0.29) is 41.5 Å².